The highest BCUT2D eigenvalue weighted by Crippen LogP contribution is 2.12. The number of ether oxygens (including phenoxy) is 1. The van der Waals surface area contributed by atoms with Gasteiger partial charge in [-0.3, -0.25) is 4.79 Å². The zero-order valence-electron chi connectivity index (χ0n) is 8.78. The molecule has 0 aromatic rings. The van der Waals surface area contributed by atoms with Crippen LogP contribution in [0.4, 0.5) is 0 Å². The van der Waals surface area contributed by atoms with Gasteiger partial charge in [0.15, 0.2) is 0 Å². The van der Waals surface area contributed by atoms with Crippen molar-refractivity contribution in [3.63, 3.8) is 0 Å². The normalized spacial score (nSPS) is 15.1. The van der Waals surface area contributed by atoms with Gasteiger partial charge < -0.3 is 15.6 Å². The number of hydrogen-bond donors (Lipinski definition) is 2. The molecule has 0 saturated heterocycles. The van der Waals surface area contributed by atoms with E-state index in [1.54, 1.807) is 25.8 Å². The molecular formula is C9H19NO3S. The van der Waals surface area contributed by atoms with Gasteiger partial charge in [-0.05, 0) is 25.5 Å². The maximum absolute atomic E-state index is 10.6. The molecule has 0 aliphatic heterocycles. The third kappa shape index (κ3) is 6.23. The molecule has 0 aliphatic carbocycles. The van der Waals surface area contributed by atoms with Crippen molar-refractivity contribution in [2.45, 2.75) is 25.3 Å². The van der Waals surface area contributed by atoms with Gasteiger partial charge in [-0.1, -0.05) is 0 Å². The number of carboxylic acids is 1. The maximum atomic E-state index is 10.6. The van der Waals surface area contributed by atoms with E-state index in [4.69, 9.17) is 15.6 Å². The number of nitrogens with two attached hydrogens (primary N) is 1. The van der Waals surface area contributed by atoms with E-state index in [2.05, 4.69) is 0 Å². The summed E-state index contributed by atoms with van der Waals surface area (Å²) in [6.07, 6.45) is 1.34. The smallest absolute Gasteiger partial charge is 0.323 e. The molecule has 3 N–H and O–H groups in total. The highest BCUT2D eigenvalue weighted by atomic mass is 32.2. The molecule has 14 heavy (non-hydrogen) atoms. The molecule has 0 aromatic carbocycles. The molecule has 0 radical (unpaired) electrons. The van der Waals surface area contributed by atoms with Crippen molar-refractivity contribution >= 4 is 17.7 Å². The van der Waals surface area contributed by atoms with Gasteiger partial charge in [0, 0.05) is 12.9 Å². The van der Waals surface area contributed by atoms with Crippen LogP contribution in [0.1, 0.15) is 19.8 Å². The number of aliphatic carboxylic acids is 1. The van der Waals surface area contributed by atoms with Crippen LogP contribution in [-0.2, 0) is 9.53 Å². The monoisotopic (exact) mass is 221 g/mol. The maximum Gasteiger partial charge on any atom is 0.323 e. The van der Waals surface area contributed by atoms with Gasteiger partial charge in [0.1, 0.15) is 5.54 Å². The quantitative estimate of drug-likeness (QED) is 0.597. The summed E-state index contributed by atoms with van der Waals surface area (Å²) in [4.78, 5) is 10.6. The molecule has 0 fully saturated rings. The van der Waals surface area contributed by atoms with Crippen molar-refractivity contribution in [1.82, 2.24) is 0 Å². The van der Waals surface area contributed by atoms with Gasteiger partial charge in [0.25, 0.3) is 0 Å². The molecule has 1 atom stereocenters. The van der Waals surface area contributed by atoms with Crippen LogP contribution in [0.2, 0.25) is 0 Å². The predicted molar refractivity (Wildman–Crippen MR) is 58.7 cm³/mol. The van der Waals surface area contributed by atoms with E-state index in [9.17, 15) is 4.79 Å². The number of hydrogen-bond acceptors (Lipinski definition) is 4. The van der Waals surface area contributed by atoms with Gasteiger partial charge >= 0.3 is 5.97 Å². The van der Waals surface area contributed by atoms with E-state index in [0.717, 1.165) is 24.5 Å². The standard InChI is InChI=1S/C9H19NO3S/c1-9(10,8(11)12)4-3-6-14-7-5-13-2/h3-7,10H2,1-2H3,(H,11,12). The summed E-state index contributed by atoms with van der Waals surface area (Å²) < 4.78 is 4.89. The van der Waals surface area contributed by atoms with Crippen molar-refractivity contribution in [3.8, 4) is 0 Å². The fourth-order valence-electron chi connectivity index (χ4n) is 0.893. The summed E-state index contributed by atoms with van der Waals surface area (Å²) in [5.41, 5.74) is 4.49. The number of carbonyl (C=O) groups is 1. The molecule has 5 heteroatoms. The largest absolute Gasteiger partial charge is 0.480 e. The summed E-state index contributed by atoms with van der Waals surface area (Å²) in [6.45, 7) is 2.29. The molecule has 0 bridgehead atoms. The summed E-state index contributed by atoms with van der Waals surface area (Å²) in [5, 5.41) is 8.73. The Balaban J connectivity index is 3.40. The average Bonchev–Trinajstić information content (AvgIpc) is 2.10. The highest BCUT2D eigenvalue weighted by molar-refractivity contribution is 7.99. The predicted octanol–water partition coefficient (Wildman–Crippen LogP) is 0.948. The number of carboxylic acid groups (broad SMARTS) is 1. The molecule has 0 spiro atoms. The Kier molecular flexibility index (Phi) is 6.96. The molecular weight excluding hydrogens is 202 g/mol. The zero-order valence-corrected chi connectivity index (χ0v) is 9.60. The summed E-state index contributed by atoms with van der Waals surface area (Å²) in [6, 6.07) is 0. The Morgan fingerprint density at radius 1 is 1.57 bits per heavy atom. The molecule has 4 nitrogen and oxygen atoms in total. The van der Waals surface area contributed by atoms with Gasteiger partial charge in [-0.15, -0.1) is 0 Å². The summed E-state index contributed by atoms with van der Waals surface area (Å²) >= 11 is 1.76. The van der Waals surface area contributed by atoms with Gasteiger partial charge in [0.05, 0.1) is 6.61 Å². The molecule has 1 unspecified atom stereocenters. The van der Waals surface area contributed by atoms with E-state index < -0.39 is 11.5 Å². The SMILES string of the molecule is COCCSCCCC(C)(N)C(=O)O. The lowest BCUT2D eigenvalue weighted by Crippen LogP contribution is -2.44. The lowest BCUT2D eigenvalue weighted by molar-refractivity contribution is -0.142. The van der Waals surface area contributed by atoms with Crippen molar-refractivity contribution in [1.29, 1.82) is 0 Å². The van der Waals surface area contributed by atoms with Crippen LogP contribution in [0.3, 0.4) is 0 Å². The second-order valence-corrected chi connectivity index (χ2v) is 4.66. The first kappa shape index (κ1) is 13.7. The highest BCUT2D eigenvalue weighted by Gasteiger charge is 2.26. The first-order chi connectivity index (χ1) is 6.50. The van der Waals surface area contributed by atoms with E-state index in [1.807, 2.05) is 0 Å². The van der Waals surface area contributed by atoms with Crippen LogP contribution >= 0.6 is 11.8 Å². The lowest BCUT2D eigenvalue weighted by atomic mass is 9.98. The summed E-state index contributed by atoms with van der Waals surface area (Å²) in [5.74, 6) is 0.952. The summed E-state index contributed by atoms with van der Waals surface area (Å²) in [7, 11) is 1.67. The Morgan fingerprint density at radius 3 is 2.71 bits per heavy atom. The van der Waals surface area contributed by atoms with E-state index in [-0.39, 0.29) is 0 Å². The van der Waals surface area contributed by atoms with E-state index in [0.29, 0.717) is 6.42 Å². The Morgan fingerprint density at radius 2 is 2.21 bits per heavy atom. The third-order valence-electron chi connectivity index (χ3n) is 1.91. The fraction of sp³-hybridized carbons (Fsp3) is 0.889. The molecule has 0 saturated carbocycles. The lowest BCUT2D eigenvalue weighted by Gasteiger charge is -2.18. The van der Waals surface area contributed by atoms with E-state index >= 15 is 0 Å². The van der Waals surface area contributed by atoms with Crippen molar-refractivity contribution in [2.75, 3.05) is 25.2 Å². The van der Waals surface area contributed by atoms with Crippen LogP contribution in [0.25, 0.3) is 0 Å². The second kappa shape index (κ2) is 7.09. The Bertz CT molecular complexity index is 173. The molecule has 84 valence electrons. The number of thioether (sulfide) groups is 1. The minimum absolute atomic E-state index is 0.516. The van der Waals surface area contributed by atoms with Crippen molar-refractivity contribution < 1.29 is 14.6 Å². The molecule has 0 amide bonds. The van der Waals surface area contributed by atoms with Gasteiger partial charge in [-0.2, -0.15) is 11.8 Å². The van der Waals surface area contributed by atoms with Crippen LogP contribution in [0.15, 0.2) is 0 Å². The first-order valence-electron chi connectivity index (χ1n) is 4.59. The van der Waals surface area contributed by atoms with Gasteiger partial charge in [0.2, 0.25) is 0 Å². The fourth-order valence-corrected chi connectivity index (χ4v) is 1.73. The minimum Gasteiger partial charge on any atom is -0.480 e. The number of methoxy groups -OCH3 is 1. The molecule has 0 aliphatic rings. The molecule has 0 rings (SSSR count). The topological polar surface area (TPSA) is 72.5 Å². The first-order valence-corrected chi connectivity index (χ1v) is 5.75. The number of rotatable bonds is 8. The van der Waals surface area contributed by atoms with Crippen LogP contribution in [0, 0.1) is 0 Å². The van der Waals surface area contributed by atoms with Crippen molar-refractivity contribution in [3.05, 3.63) is 0 Å². The van der Waals surface area contributed by atoms with Crippen LogP contribution < -0.4 is 5.73 Å². The van der Waals surface area contributed by atoms with E-state index in [1.165, 1.54) is 0 Å². The van der Waals surface area contributed by atoms with Crippen LogP contribution in [0.5, 0.6) is 0 Å². The third-order valence-corrected chi connectivity index (χ3v) is 2.94. The zero-order chi connectivity index (χ0) is 11.0. The second-order valence-electron chi connectivity index (χ2n) is 3.43. The van der Waals surface area contributed by atoms with Crippen molar-refractivity contribution in [2.24, 2.45) is 5.73 Å². The Labute approximate surface area is 89.2 Å². The van der Waals surface area contributed by atoms with Crippen LogP contribution in [-0.4, -0.2) is 41.8 Å². The molecule has 0 heterocycles. The molecule has 0 aromatic heterocycles. The minimum atomic E-state index is -1.08. The Hall–Kier alpha value is -0.260. The average molecular weight is 221 g/mol. The van der Waals surface area contributed by atoms with Gasteiger partial charge in [-0.25, -0.2) is 0 Å².